The molecule has 0 aliphatic rings. The number of nitrogens with zero attached hydrogens (tertiary/aromatic N) is 2. The predicted octanol–water partition coefficient (Wildman–Crippen LogP) is 5.73. The number of amides is 1. The topological polar surface area (TPSA) is 75.1 Å². The Morgan fingerprint density at radius 1 is 1.09 bits per heavy atom. The van der Waals surface area contributed by atoms with Crippen LogP contribution in [0.5, 0.6) is 0 Å². The molecule has 168 valence electrons. The van der Waals surface area contributed by atoms with Gasteiger partial charge in [0.25, 0.3) is 5.91 Å². The first-order valence-corrected chi connectivity index (χ1v) is 11.3. The lowest BCUT2D eigenvalue weighted by molar-refractivity contribution is 0.0929. The Bertz CT molecular complexity index is 1320. The summed E-state index contributed by atoms with van der Waals surface area (Å²) in [7, 11) is 0. The molecule has 2 aromatic carbocycles. The fourth-order valence-corrected chi connectivity index (χ4v) is 4.53. The summed E-state index contributed by atoms with van der Waals surface area (Å²) in [6.07, 6.45) is 4.05. The van der Waals surface area contributed by atoms with Crippen LogP contribution in [0.2, 0.25) is 5.02 Å². The molecule has 2 aromatic heterocycles. The van der Waals surface area contributed by atoms with Gasteiger partial charge in [-0.15, -0.1) is 0 Å². The van der Waals surface area contributed by atoms with Crippen molar-refractivity contribution in [2.24, 2.45) is 0 Å². The number of aryl methyl sites for hydroxylation is 2. The molecule has 1 unspecified atom stereocenters. The van der Waals surface area contributed by atoms with Gasteiger partial charge in [0.2, 0.25) is 0 Å². The Morgan fingerprint density at radius 3 is 2.52 bits per heavy atom. The molecular weight excluding hydrogens is 434 g/mol. The predicted molar refractivity (Wildman–Crippen MR) is 134 cm³/mol. The van der Waals surface area contributed by atoms with E-state index in [-0.39, 0.29) is 18.6 Å². The number of aromatic nitrogens is 2. The highest BCUT2D eigenvalue weighted by molar-refractivity contribution is 6.33. The van der Waals surface area contributed by atoms with Crippen molar-refractivity contribution in [2.75, 3.05) is 6.61 Å². The summed E-state index contributed by atoms with van der Waals surface area (Å²) in [6, 6.07) is 15.3. The number of halogens is 1. The van der Waals surface area contributed by atoms with E-state index in [2.05, 4.69) is 24.1 Å². The van der Waals surface area contributed by atoms with Crippen LogP contribution in [-0.4, -0.2) is 33.6 Å². The minimum Gasteiger partial charge on any atom is -0.396 e. The van der Waals surface area contributed by atoms with Crippen LogP contribution in [0.4, 0.5) is 0 Å². The van der Waals surface area contributed by atoms with Gasteiger partial charge >= 0.3 is 0 Å². The average Bonchev–Trinajstić information content (AvgIpc) is 2.79. The zero-order chi connectivity index (χ0) is 23.5. The maximum absolute atomic E-state index is 13.0. The first-order valence-electron chi connectivity index (χ1n) is 10.9. The Hall–Kier alpha value is -3.28. The van der Waals surface area contributed by atoms with Gasteiger partial charge in [0, 0.05) is 41.0 Å². The third-order valence-electron chi connectivity index (χ3n) is 5.85. The van der Waals surface area contributed by atoms with Crippen LogP contribution >= 0.6 is 11.6 Å². The van der Waals surface area contributed by atoms with Crippen molar-refractivity contribution in [3.63, 3.8) is 0 Å². The second-order valence-corrected chi connectivity index (χ2v) is 8.65. The highest BCUT2D eigenvalue weighted by atomic mass is 35.5. The summed E-state index contributed by atoms with van der Waals surface area (Å²) in [5, 5.41) is 13.7. The number of fused-ring (bicyclic) bond motifs is 1. The highest BCUT2D eigenvalue weighted by Crippen LogP contribution is 2.39. The summed E-state index contributed by atoms with van der Waals surface area (Å²) >= 11 is 6.60. The van der Waals surface area contributed by atoms with Gasteiger partial charge in [0.15, 0.2) is 0 Å². The lowest BCUT2D eigenvalue weighted by Gasteiger charge is -2.19. The normalized spacial score (nSPS) is 12.0. The van der Waals surface area contributed by atoms with E-state index < -0.39 is 0 Å². The molecule has 0 bridgehead atoms. The Balaban J connectivity index is 1.99. The van der Waals surface area contributed by atoms with Gasteiger partial charge in [0.1, 0.15) is 5.69 Å². The molecule has 2 N–H and O–H groups in total. The smallest absolute Gasteiger partial charge is 0.270 e. The van der Waals surface area contributed by atoms with Gasteiger partial charge < -0.3 is 10.4 Å². The number of aliphatic hydroxyl groups excluding tert-OH is 1. The summed E-state index contributed by atoms with van der Waals surface area (Å²) in [5.41, 5.74) is 7.09. The van der Waals surface area contributed by atoms with Crippen LogP contribution in [-0.2, 0) is 0 Å². The zero-order valence-electron chi connectivity index (χ0n) is 18.9. The third kappa shape index (κ3) is 4.61. The maximum Gasteiger partial charge on any atom is 0.270 e. The van der Waals surface area contributed by atoms with Crippen LogP contribution in [0.1, 0.15) is 35.0 Å². The van der Waals surface area contributed by atoms with Crippen LogP contribution in [0, 0.1) is 13.8 Å². The lowest BCUT2D eigenvalue weighted by Crippen LogP contribution is -2.33. The van der Waals surface area contributed by atoms with Crippen molar-refractivity contribution in [1.82, 2.24) is 15.3 Å². The van der Waals surface area contributed by atoms with E-state index in [1.807, 2.05) is 55.5 Å². The van der Waals surface area contributed by atoms with Gasteiger partial charge in [-0.3, -0.25) is 9.78 Å². The van der Waals surface area contributed by atoms with Crippen molar-refractivity contribution in [2.45, 2.75) is 33.2 Å². The van der Waals surface area contributed by atoms with E-state index in [1.54, 1.807) is 12.4 Å². The van der Waals surface area contributed by atoms with Crippen molar-refractivity contribution < 1.29 is 9.90 Å². The van der Waals surface area contributed by atoms with Crippen molar-refractivity contribution in [1.29, 1.82) is 0 Å². The number of carbonyl (C=O) groups is 1. The van der Waals surface area contributed by atoms with Gasteiger partial charge in [-0.1, -0.05) is 29.8 Å². The molecule has 0 spiro atoms. The molecule has 1 amide bonds. The fourth-order valence-electron chi connectivity index (χ4n) is 4.30. The lowest BCUT2D eigenvalue weighted by atomic mass is 9.89. The number of nitrogens with one attached hydrogen (secondary N) is 1. The maximum atomic E-state index is 13.0. The molecule has 0 aliphatic carbocycles. The Kier molecular flexibility index (Phi) is 6.72. The van der Waals surface area contributed by atoms with Crippen LogP contribution in [0.3, 0.4) is 0 Å². The number of hydrogen-bond donors (Lipinski definition) is 2. The monoisotopic (exact) mass is 459 g/mol. The third-order valence-corrected chi connectivity index (χ3v) is 6.18. The van der Waals surface area contributed by atoms with Gasteiger partial charge in [-0.05, 0) is 85.3 Å². The Morgan fingerprint density at radius 2 is 1.82 bits per heavy atom. The molecule has 4 aromatic rings. The molecule has 0 saturated carbocycles. The molecule has 2 heterocycles. The van der Waals surface area contributed by atoms with E-state index in [0.717, 1.165) is 44.3 Å². The largest absolute Gasteiger partial charge is 0.396 e. The number of hydrogen-bond acceptors (Lipinski definition) is 4. The first kappa shape index (κ1) is 22.9. The summed E-state index contributed by atoms with van der Waals surface area (Å²) in [6.45, 7) is 6.00. The molecule has 0 radical (unpaired) electrons. The molecule has 0 fully saturated rings. The van der Waals surface area contributed by atoms with E-state index in [1.165, 1.54) is 0 Å². The summed E-state index contributed by atoms with van der Waals surface area (Å²) < 4.78 is 0. The van der Waals surface area contributed by atoms with Gasteiger partial charge in [0.05, 0.1) is 5.52 Å². The zero-order valence-corrected chi connectivity index (χ0v) is 19.6. The van der Waals surface area contributed by atoms with Crippen molar-refractivity contribution in [3.05, 3.63) is 82.8 Å². The highest BCUT2D eigenvalue weighted by Gasteiger charge is 2.20. The van der Waals surface area contributed by atoms with Crippen LogP contribution in [0.15, 0.2) is 60.9 Å². The average molecular weight is 460 g/mol. The molecule has 0 aliphatic heterocycles. The molecular formula is C27H26ClN3O2. The van der Waals surface area contributed by atoms with E-state index >= 15 is 0 Å². The van der Waals surface area contributed by atoms with Crippen molar-refractivity contribution >= 4 is 28.4 Å². The second kappa shape index (κ2) is 9.69. The summed E-state index contributed by atoms with van der Waals surface area (Å²) in [5.74, 6) is -0.278. The van der Waals surface area contributed by atoms with Crippen molar-refractivity contribution in [3.8, 4) is 22.3 Å². The van der Waals surface area contributed by atoms with E-state index in [9.17, 15) is 9.90 Å². The van der Waals surface area contributed by atoms with Crippen LogP contribution in [0.25, 0.3) is 33.2 Å². The Labute approximate surface area is 198 Å². The molecule has 4 rings (SSSR count). The van der Waals surface area contributed by atoms with E-state index in [4.69, 9.17) is 16.6 Å². The number of aliphatic hydroxyl groups is 1. The molecule has 0 saturated heterocycles. The molecule has 5 nitrogen and oxygen atoms in total. The van der Waals surface area contributed by atoms with Crippen LogP contribution < -0.4 is 5.32 Å². The number of benzene rings is 2. The molecule has 1 atom stereocenters. The summed E-state index contributed by atoms with van der Waals surface area (Å²) in [4.78, 5) is 21.9. The number of pyridine rings is 2. The quantitative estimate of drug-likeness (QED) is 0.386. The molecule has 6 heteroatoms. The first-order chi connectivity index (χ1) is 15.9. The minimum absolute atomic E-state index is 0.00758. The molecule has 33 heavy (non-hydrogen) atoms. The minimum atomic E-state index is -0.278. The number of carbonyl (C=O) groups excluding carboxylic acids is 1. The van der Waals surface area contributed by atoms with E-state index in [0.29, 0.717) is 17.1 Å². The second-order valence-electron chi connectivity index (χ2n) is 8.25. The van der Waals surface area contributed by atoms with Gasteiger partial charge in [-0.25, -0.2) is 4.98 Å². The SMILES string of the molecule is Cc1cc2nc(C(=O)NC(C)CCO)cc(-c3ccccc3Cl)c2c(C)c1-c1ccncc1. The number of rotatable bonds is 6. The standard InChI is InChI=1S/C27H26ClN3O2/c1-16-14-23-26(18(3)25(16)19-8-11-29-12-9-19)21(20-6-4-5-7-22(20)28)15-24(31-23)27(33)30-17(2)10-13-32/h4-9,11-12,14-15,17,32H,10,13H2,1-3H3,(H,30,33). The fraction of sp³-hybridized carbons (Fsp3) is 0.222. The van der Waals surface area contributed by atoms with Gasteiger partial charge in [-0.2, -0.15) is 0 Å².